The van der Waals surface area contributed by atoms with E-state index in [9.17, 15) is 14.4 Å². The number of hydrogen-bond acceptors (Lipinski definition) is 8. The van der Waals surface area contributed by atoms with Crippen molar-refractivity contribution >= 4 is 17.9 Å². The van der Waals surface area contributed by atoms with E-state index in [0.717, 1.165) is 22.3 Å². The molecule has 0 bridgehead atoms. The molecule has 220 valence electrons. The Hall–Kier alpha value is -5.41. The third-order valence-electron chi connectivity index (χ3n) is 6.12. The first kappa shape index (κ1) is 30.5. The van der Waals surface area contributed by atoms with Gasteiger partial charge in [-0.2, -0.15) is 0 Å². The lowest BCUT2D eigenvalue weighted by Gasteiger charge is -2.09. The molecule has 0 aromatic heterocycles. The number of carbonyl (C=O) groups is 3. The van der Waals surface area contributed by atoms with Crippen LogP contribution in [-0.4, -0.2) is 56.6 Å². The Morgan fingerprint density at radius 2 is 1.09 bits per heavy atom. The molecule has 0 saturated heterocycles. The highest BCUT2D eigenvalue weighted by Crippen LogP contribution is 2.28. The van der Waals surface area contributed by atoms with Gasteiger partial charge < -0.3 is 28.8 Å². The van der Waals surface area contributed by atoms with Crippen molar-refractivity contribution in [1.82, 2.24) is 0 Å². The van der Waals surface area contributed by atoms with Crippen molar-refractivity contribution in [1.29, 1.82) is 0 Å². The van der Waals surface area contributed by atoms with E-state index in [4.69, 9.17) is 28.8 Å². The van der Waals surface area contributed by atoms with Crippen molar-refractivity contribution in [3.8, 4) is 39.5 Å². The Morgan fingerprint density at radius 1 is 0.628 bits per heavy atom. The molecule has 0 amide bonds. The molecule has 0 atom stereocenters. The standard InChI is InChI=1S/C34H30O9/c1-23(21-39-2)33(37)41-20-19-40-29-15-11-28(12-16-29)34(38)43-31-17-9-27(10-18-31)25-5-3-24(4-6-25)26-7-13-30(14-8-26)42-22-32(35)36/h3-18H,1,19-22H2,2H3,(H,35,36). The van der Waals surface area contributed by atoms with E-state index in [1.165, 1.54) is 7.11 Å². The number of carboxylic acids is 1. The lowest BCUT2D eigenvalue weighted by molar-refractivity contribution is -0.140. The van der Waals surface area contributed by atoms with Crippen LogP contribution in [0.5, 0.6) is 17.2 Å². The molecule has 0 radical (unpaired) electrons. The molecule has 1 N–H and O–H groups in total. The molecule has 4 aromatic carbocycles. The van der Waals surface area contributed by atoms with Crippen molar-refractivity contribution in [2.45, 2.75) is 0 Å². The molecule has 4 aromatic rings. The number of ether oxygens (including phenoxy) is 5. The van der Waals surface area contributed by atoms with E-state index < -0.39 is 17.9 Å². The highest BCUT2D eigenvalue weighted by molar-refractivity contribution is 5.91. The molecular formula is C34H30O9. The van der Waals surface area contributed by atoms with Crippen LogP contribution in [0.1, 0.15) is 10.4 Å². The molecule has 0 fully saturated rings. The zero-order chi connectivity index (χ0) is 30.6. The first-order chi connectivity index (χ1) is 20.8. The summed E-state index contributed by atoms with van der Waals surface area (Å²) in [5.74, 6) is -0.653. The molecule has 43 heavy (non-hydrogen) atoms. The van der Waals surface area contributed by atoms with E-state index in [1.807, 2.05) is 48.5 Å². The Labute approximate surface area is 248 Å². The Kier molecular flexibility index (Phi) is 10.7. The summed E-state index contributed by atoms with van der Waals surface area (Å²) in [5.41, 5.74) is 4.51. The quantitative estimate of drug-likeness (QED) is 0.0848. The van der Waals surface area contributed by atoms with E-state index >= 15 is 0 Å². The van der Waals surface area contributed by atoms with Gasteiger partial charge in [0, 0.05) is 7.11 Å². The zero-order valence-electron chi connectivity index (χ0n) is 23.5. The van der Waals surface area contributed by atoms with Gasteiger partial charge in [-0.1, -0.05) is 55.1 Å². The Balaban J connectivity index is 1.26. The maximum Gasteiger partial charge on any atom is 0.343 e. The fourth-order valence-corrected chi connectivity index (χ4v) is 3.94. The number of rotatable bonds is 14. The highest BCUT2D eigenvalue weighted by Gasteiger charge is 2.11. The van der Waals surface area contributed by atoms with Crippen LogP contribution in [0.3, 0.4) is 0 Å². The first-order valence-corrected chi connectivity index (χ1v) is 13.3. The van der Waals surface area contributed by atoms with Gasteiger partial charge in [-0.15, -0.1) is 0 Å². The second-order valence-electron chi connectivity index (χ2n) is 9.24. The van der Waals surface area contributed by atoms with Crippen LogP contribution in [0, 0.1) is 0 Å². The van der Waals surface area contributed by atoms with E-state index in [2.05, 4.69) is 6.58 Å². The number of aliphatic carboxylic acids is 1. The van der Waals surface area contributed by atoms with Gasteiger partial charge in [0.15, 0.2) is 6.61 Å². The van der Waals surface area contributed by atoms with Gasteiger partial charge in [-0.05, 0) is 70.8 Å². The van der Waals surface area contributed by atoms with Crippen molar-refractivity contribution < 1.29 is 43.2 Å². The second kappa shape index (κ2) is 15.0. The average molecular weight is 583 g/mol. The summed E-state index contributed by atoms with van der Waals surface area (Å²) in [7, 11) is 1.47. The van der Waals surface area contributed by atoms with Crippen molar-refractivity contribution in [3.05, 3.63) is 115 Å². The van der Waals surface area contributed by atoms with Crippen LogP contribution in [0.15, 0.2) is 109 Å². The molecule has 0 aliphatic carbocycles. The molecule has 9 heteroatoms. The highest BCUT2D eigenvalue weighted by atomic mass is 16.6. The molecule has 0 aliphatic heterocycles. The predicted molar refractivity (Wildman–Crippen MR) is 159 cm³/mol. The monoisotopic (exact) mass is 582 g/mol. The van der Waals surface area contributed by atoms with Crippen LogP contribution in [0.25, 0.3) is 22.3 Å². The van der Waals surface area contributed by atoms with Crippen molar-refractivity contribution in [3.63, 3.8) is 0 Å². The van der Waals surface area contributed by atoms with Gasteiger partial charge >= 0.3 is 17.9 Å². The third-order valence-corrected chi connectivity index (χ3v) is 6.12. The molecule has 9 nitrogen and oxygen atoms in total. The SMILES string of the molecule is C=C(COC)C(=O)OCCOc1ccc(C(=O)Oc2ccc(-c3ccc(-c4ccc(OCC(=O)O)cc4)cc3)cc2)cc1. The van der Waals surface area contributed by atoms with Crippen LogP contribution in [0.4, 0.5) is 0 Å². The molecule has 4 rings (SSSR count). The number of hydrogen-bond donors (Lipinski definition) is 1. The fourth-order valence-electron chi connectivity index (χ4n) is 3.94. The van der Waals surface area contributed by atoms with Gasteiger partial charge in [-0.3, -0.25) is 0 Å². The van der Waals surface area contributed by atoms with E-state index in [-0.39, 0.29) is 32.0 Å². The summed E-state index contributed by atoms with van der Waals surface area (Å²) in [5, 5.41) is 8.73. The minimum Gasteiger partial charge on any atom is -0.490 e. The van der Waals surface area contributed by atoms with Gasteiger partial charge in [-0.25, -0.2) is 14.4 Å². The summed E-state index contributed by atoms with van der Waals surface area (Å²) < 4.78 is 26.1. The fraction of sp³-hybridized carbons (Fsp3) is 0.147. The smallest absolute Gasteiger partial charge is 0.343 e. The maximum absolute atomic E-state index is 12.6. The molecule has 0 heterocycles. The normalized spacial score (nSPS) is 10.4. The molecule has 0 aliphatic rings. The number of carbonyl (C=O) groups excluding carboxylic acids is 2. The van der Waals surface area contributed by atoms with Crippen molar-refractivity contribution in [2.75, 3.05) is 33.5 Å². The molecular weight excluding hydrogens is 552 g/mol. The summed E-state index contributed by atoms with van der Waals surface area (Å²) >= 11 is 0. The van der Waals surface area contributed by atoms with Crippen LogP contribution < -0.4 is 14.2 Å². The number of carboxylic acid groups (broad SMARTS) is 1. The minimum absolute atomic E-state index is 0.0483. The third kappa shape index (κ3) is 9.04. The van der Waals surface area contributed by atoms with Gasteiger partial charge in [0.1, 0.15) is 30.5 Å². The number of methoxy groups -OCH3 is 1. The van der Waals surface area contributed by atoms with Gasteiger partial charge in [0.2, 0.25) is 0 Å². The van der Waals surface area contributed by atoms with Crippen LogP contribution in [-0.2, 0) is 19.1 Å². The van der Waals surface area contributed by atoms with E-state index in [1.54, 1.807) is 48.5 Å². The topological polar surface area (TPSA) is 118 Å². The number of benzene rings is 4. The predicted octanol–water partition coefficient (Wildman–Crippen LogP) is 5.83. The minimum atomic E-state index is -1.02. The van der Waals surface area contributed by atoms with Crippen molar-refractivity contribution in [2.24, 2.45) is 0 Å². The first-order valence-electron chi connectivity index (χ1n) is 13.3. The summed E-state index contributed by atoms with van der Waals surface area (Å²) in [4.78, 5) is 35.0. The summed E-state index contributed by atoms with van der Waals surface area (Å²) in [6.45, 7) is 3.49. The molecule has 0 saturated carbocycles. The summed E-state index contributed by atoms with van der Waals surface area (Å²) in [6, 6.07) is 28.9. The Bertz CT molecular complexity index is 1540. The van der Waals surface area contributed by atoms with E-state index in [0.29, 0.717) is 22.8 Å². The zero-order valence-corrected chi connectivity index (χ0v) is 23.5. The summed E-state index contributed by atoms with van der Waals surface area (Å²) in [6.07, 6.45) is 0. The van der Waals surface area contributed by atoms with Gasteiger partial charge in [0.05, 0.1) is 17.7 Å². The lowest BCUT2D eigenvalue weighted by Crippen LogP contribution is -2.15. The largest absolute Gasteiger partial charge is 0.490 e. The number of esters is 2. The maximum atomic E-state index is 12.6. The van der Waals surface area contributed by atoms with Gasteiger partial charge in [0.25, 0.3) is 0 Å². The Morgan fingerprint density at radius 3 is 1.60 bits per heavy atom. The van der Waals surface area contributed by atoms with Crippen LogP contribution in [0.2, 0.25) is 0 Å². The van der Waals surface area contributed by atoms with Crippen LogP contribution >= 0.6 is 0 Å². The molecule has 0 spiro atoms. The molecule has 0 unspecified atom stereocenters. The second-order valence-corrected chi connectivity index (χ2v) is 9.24. The lowest BCUT2D eigenvalue weighted by atomic mass is 10.0. The average Bonchev–Trinajstić information content (AvgIpc) is 3.03.